The van der Waals surface area contributed by atoms with Crippen LogP contribution in [0, 0.1) is 24.1 Å². The highest BCUT2D eigenvalue weighted by molar-refractivity contribution is 5.96. The Kier molecular flexibility index (Phi) is 8.83. The molecule has 0 spiro atoms. The third-order valence-electron chi connectivity index (χ3n) is 7.42. The van der Waals surface area contributed by atoms with Gasteiger partial charge in [-0.15, -0.1) is 0 Å². The minimum atomic E-state index is -1.01. The number of hydrogen-bond donors (Lipinski definition) is 2. The van der Waals surface area contributed by atoms with Crippen LogP contribution in [0.2, 0.25) is 0 Å². The minimum Gasteiger partial charge on any atom is -0.489 e. The molecule has 1 aromatic carbocycles. The summed E-state index contributed by atoms with van der Waals surface area (Å²) in [4.78, 5) is 19.3. The van der Waals surface area contributed by atoms with E-state index in [-0.39, 0.29) is 12.2 Å². The fourth-order valence-corrected chi connectivity index (χ4v) is 4.98. The van der Waals surface area contributed by atoms with Crippen molar-refractivity contribution in [3.63, 3.8) is 0 Å². The summed E-state index contributed by atoms with van der Waals surface area (Å²) in [6.45, 7) is 14.0. The summed E-state index contributed by atoms with van der Waals surface area (Å²) in [5.41, 5.74) is 1.86. The molecule has 0 saturated carbocycles. The van der Waals surface area contributed by atoms with E-state index in [2.05, 4.69) is 33.1 Å². The summed E-state index contributed by atoms with van der Waals surface area (Å²) in [5.74, 6) is 0.247. The van der Waals surface area contributed by atoms with Gasteiger partial charge < -0.3 is 20.1 Å². The summed E-state index contributed by atoms with van der Waals surface area (Å²) in [7, 11) is 0. The zero-order chi connectivity index (χ0) is 30.7. The van der Waals surface area contributed by atoms with Gasteiger partial charge in [-0.3, -0.25) is 4.79 Å². The Hall–Kier alpha value is -4.49. The lowest BCUT2D eigenvalue weighted by Gasteiger charge is -2.41. The van der Waals surface area contributed by atoms with Crippen molar-refractivity contribution < 1.29 is 19.0 Å². The van der Waals surface area contributed by atoms with Crippen molar-refractivity contribution in [2.75, 3.05) is 19.7 Å². The standard InChI is InChI=1S/C32H37FN6O3/c1-21(25-16-24(42-20-31(3,4)41)19-39-29(25)23(17-34)18-36-39)10-11-27(35-6)38-14-12-32(5,13-15-38)37-30(40)28-22(2)8-7-9-26(28)33/h7-11,16,18-19,41H,6,12-15,20H2,1-5H3,(H,37,40)/b21-10+,27-11+. The summed E-state index contributed by atoms with van der Waals surface area (Å²) in [6.07, 6.45) is 8.26. The number of likely N-dealkylation sites (tertiary alicyclic amines) is 1. The second kappa shape index (κ2) is 12.2. The number of piperidine rings is 1. The molecule has 1 fully saturated rings. The Morgan fingerprint density at radius 1 is 1.36 bits per heavy atom. The van der Waals surface area contributed by atoms with Gasteiger partial charge in [-0.1, -0.05) is 18.2 Å². The highest BCUT2D eigenvalue weighted by Crippen LogP contribution is 2.29. The van der Waals surface area contributed by atoms with Crippen molar-refractivity contribution in [2.24, 2.45) is 4.99 Å². The average molecular weight is 573 g/mol. The molecule has 1 amide bonds. The molecule has 1 aliphatic heterocycles. The van der Waals surface area contributed by atoms with Gasteiger partial charge in [0.15, 0.2) is 0 Å². The Morgan fingerprint density at radius 2 is 2.07 bits per heavy atom. The van der Waals surface area contributed by atoms with Crippen LogP contribution in [-0.4, -0.2) is 63.1 Å². The number of benzene rings is 1. The summed E-state index contributed by atoms with van der Waals surface area (Å²) in [5, 5.41) is 27.1. The fourth-order valence-electron chi connectivity index (χ4n) is 4.98. The lowest BCUT2D eigenvalue weighted by Crippen LogP contribution is -2.53. The van der Waals surface area contributed by atoms with E-state index in [0.717, 1.165) is 11.1 Å². The smallest absolute Gasteiger partial charge is 0.254 e. The fraction of sp³-hybridized carbons (Fsp3) is 0.375. The monoisotopic (exact) mass is 572 g/mol. The first-order valence-electron chi connectivity index (χ1n) is 13.8. The lowest BCUT2D eigenvalue weighted by molar-refractivity contribution is 0.0283. The predicted octanol–water partition coefficient (Wildman–Crippen LogP) is 5.03. The third kappa shape index (κ3) is 6.86. The van der Waals surface area contributed by atoms with Gasteiger partial charge in [-0.25, -0.2) is 13.9 Å². The van der Waals surface area contributed by atoms with Crippen LogP contribution in [-0.2, 0) is 0 Å². The maximum Gasteiger partial charge on any atom is 0.254 e. The molecule has 42 heavy (non-hydrogen) atoms. The van der Waals surface area contributed by atoms with Crippen LogP contribution < -0.4 is 10.1 Å². The number of nitriles is 1. The molecule has 0 atom stereocenters. The van der Waals surface area contributed by atoms with Crippen molar-refractivity contribution in [1.82, 2.24) is 19.8 Å². The number of aliphatic hydroxyl groups is 1. The Balaban J connectivity index is 1.52. The molecule has 0 unspecified atom stereocenters. The lowest BCUT2D eigenvalue weighted by atomic mass is 9.89. The Labute approximate surface area is 245 Å². The maximum absolute atomic E-state index is 14.3. The number of pyridine rings is 1. The number of ether oxygens (including phenoxy) is 1. The molecule has 3 heterocycles. The van der Waals surface area contributed by atoms with E-state index in [9.17, 15) is 19.6 Å². The molecular formula is C32H37FN6O3. The molecule has 220 valence electrons. The van der Waals surface area contributed by atoms with Gasteiger partial charge in [0, 0.05) is 24.2 Å². The number of rotatable bonds is 9. The number of aromatic nitrogens is 2. The van der Waals surface area contributed by atoms with Gasteiger partial charge >= 0.3 is 0 Å². The van der Waals surface area contributed by atoms with Gasteiger partial charge in [0.2, 0.25) is 0 Å². The van der Waals surface area contributed by atoms with Gasteiger partial charge in [-0.2, -0.15) is 10.4 Å². The number of aryl methyl sites for hydroxylation is 1. The van der Waals surface area contributed by atoms with Crippen molar-refractivity contribution in [3.8, 4) is 11.8 Å². The highest BCUT2D eigenvalue weighted by atomic mass is 19.1. The van der Waals surface area contributed by atoms with Crippen molar-refractivity contribution in [1.29, 1.82) is 5.26 Å². The average Bonchev–Trinajstić information content (AvgIpc) is 3.35. The van der Waals surface area contributed by atoms with Crippen LogP contribution >= 0.6 is 0 Å². The molecule has 4 rings (SSSR count). The van der Waals surface area contributed by atoms with E-state index in [1.54, 1.807) is 43.6 Å². The Morgan fingerprint density at radius 3 is 2.69 bits per heavy atom. The summed E-state index contributed by atoms with van der Waals surface area (Å²) in [6, 6.07) is 8.64. The van der Waals surface area contributed by atoms with Gasteiger partial charge in [0.05, 0.1) is 34.6 Å². The SMILES string of the molecule is C=N/C(=C\C=C(/C)c1cc(OCC(C)(C)O)cn2ncc(C#N)c12)N1CCC(C)(NC(=O)c2c(C)cccc2F)CC1. The van der Waals surface area contributed by atoms with Crippen LogP contribution in [0.5, 0.6) is 5.75 Å². The van der Waals surface area contributed by atoms with Crippen LogP contribution in [0.25, 0.3) is 11.1 Å². The van der Waals surface area contributed by atoms with Gasteiger partial charge in [0.1, 0.15) is 30.1 Å². The van der Waals surface area contributed by atoms with Crippen molar-refractivity contribution in [2.45, 2.75) is 58.6 Å². The number of fused-ring (bicyclic) bond motifs is 1. The summed E-state index contributed by atoms with van der Waals surface area (Å²) < 4.78 is 21.8. The molecule has 10 heteroatoms. The summed E-state index contributed by atoms with van der Waals surface area (Å²) >= 11 is 0. The Bertz CT molecular complexity index is 1580. The quantitative estimate of drug-likeness (QED) is 0.275. The first kappa shape index (κ1) is 30.5. The molecule has 0 radical (unpaired) electrons. The number of hydrogen-bond acceptors (Lipinski definition) is 7. The van der Waals surface area contributed by atoms with Crippen LogP contribution in [0.1, 0.15) is 67.6 Å². The number of allylic oxidation sites excluding steroid dienone is 3. The van der Waals surface area contributed by atoms with E-state index < -0.39 is 22.9 Å². The number of carbonyl (C=O) groups excluding carboxylic acids is 1. The number of aliphatic imine (C=N–C) groups is 1. The molecule has 2 aromatic heterocycles. The first-order chi connectivity index (χ1) is 19.8. The number of halogens is 1. The zero-order valence-corrected chi connectivity index (χ0v) is 24.7. The molecule has 1 saturated heterocycles. The van der Waals surface area contributed by atoms with E-state index >= 15 is 0 Å². The number of amides is 1. The van der Waals surface area contributed by atoms with E-state index in [4.69, 9.17) is 4.74 Å². The van der Waals surface area contributed by atoms with Crippen LogP contribution in [0.15, 0.2) is 59.6 Å². The molecule has 1 aliphatic rings. The van der Waals surface area contributed by atoms with Crippen LogP contribution in [0.4, 0.5) is 4.39 Å². The number of nitrogens with zero attached hydrogens (tertiary/aromatic N) is 5. The molecule has 0 bridgehead atoms. The predicted molar refractivity (Wildman–Crippen MR) is 161 cm³/mol. The second-order valence-corrected chi connectivity index (χ2v) is 11.6. The highest BCUT2D eigenvalue weighted by Gasteiger charge is 2.33. The number of nitrogens with one attached hydrogen (secondary N) is 1. The van der Waals surface area contributed by atoms with E-state index in [0.29, 0.717) is 54.1 Å². The van der Waals surface area contributed by atoms with Crippen molar-refractivity contribution in [3.05, 3.63) is 82.7 Å². The van der Waals surface area contributed by atoms with E-state index in [1.165, 1.54) is 12.3 Å². The normalized spacial score (nSPS) is 15.8. The van der Waals surface area contributed by atoms with Crippen LogP contribution in [0.3, 0.4) is 0 Å². The van der Waals surface area contributed by atoms with E-state index in [1.807, 2.05) is 32.1 Å². The zero-order valence-electron chi connectivity index (χ0n) is 24.7. The molecule has 9 nitrogen and oxygen atoms in total. The third-order valence-corrected chi connectivity index (χ3v) is 7.42. The molecule has 0 aliphatic carbocycles. The van der Waals surface area contributed by atoms with Gasteiger partial charge in [-0.05, 0) is 83.5 Å². The first-order valence-corrected chi connectivity index (χ1v) is 13.8. The second-order valence-electron chi connectivity index (χ2n) is 11.6. The topological polar surface area (TPSA) is 115 Å². The largest absolute Gasteiger partial charge is 0.489 e. The molecule has 2 N–H and O–H groups in total. The number of carbonyl (C=O) groups is 1. The molecule has 3 aromatic rings. The maximum atomic E-state index is 14.3. The minimum absolute atomic E-state index is 0.0801. The molecular weight excluding hydrogens is 535 g/mol. The van der Waals surface area contributed by atoms with Crippen molar-refractivity contribution >= 4 is 23.7 Å². The van der Waals surface area contributed by atoms with Gasteiger partial charge in [0.25, 0.3) is 5.91 Å².